The van der Waals surface area contributed by atoms with Gasteiger partial charge in [0.25, 0.3) is 11.1 Å². The van der Waals surface area contributed by atoms with Crippen molar-refractivity contribution in [1.82, 2.24) is 4.90 Å². The number of hydrogen-bond donors (Lipinski definition) is 0. The summed E-state index contributed by atoms with van der Waals surface area (Å²) in [6.45, 7) is 1.74. The number of carbonyl (C=O) groups is 2. The highest BCUT2D eigenvalue weighted by molar-refractivity contribution is 8.18. The molecule has 1 fully saturated rings. The van der Waals surface area contributed by atoms with Gasteiger partial charge in [-0.05, 0) is 66.7 Å². The number of ether oxygens (including phenoxy) is 1. The minimum absolute atomic E-state index is 0.0246. The highest BCUT2D eigenvalue weighted by atomic mass is 35.5. The first-order valence-electron chi connectivity index (χ1n) is 10.6. The molecule has 192 valence electrons. The van der Waals surface area contributed by atoms with Crippen molar-refractivity contribution in [2.45, 2.75) is 18.4 Å². The Morgan fingerprint density at radius 2 is 1.62 bits per heavy atom. The summed E-state index contributed by atoms with van der Waals surface area (Å²) in [6, 6.07) is 13.9. The number of hydrogen-bond acceptors (Lipinski definition) is 7. The molecule has 1 heterocycles. The van der Waals surface area contributed by atoms with Crippen molar-refractivity contribution in [2.24, 2.45) is 0 Å². The van der Waals surface area contributed by atoms with Crippen molar-refractivity contribution < 1.29 is 26.9 Å². The molecule has 3 aromatic carbocycles. The van der Waals surface area contributed by atoms with Gasteiger partial charge in [0.15, 0.2) is 5.75 Å². The lowest BCUT2D eigenvalue weighted by Crippen LogP contribution is -2.27. The first-order valence-corrected chi connectivity index (χ1v) is 13.9. The van der Waals surface area contributed by atoms with Crippen molar-refractivity contribution in [3.63, 3.8) is 0 Å². The summed E-state index contributed by atoms with van der Waals surface area (Å²) in [5.74, 6) is -0.719. The SMILES string of the molecule is COc1cc(/C=C2\SC(=O)N(Cc3c(Cl)cccc3Cl)C2=O)cc(Cl)c1OS(=O)(=O)c1ccc(C)cc1. The van der Waals surface area contributed by atoms with Crippen molar-refractivity contribution in [3.8, 4) is 11.5 Å². The molecule has 1 aliphatic heterocycles. The number of imide groups is 1. The van der Waals surface area contributed by atoms with E-state index in [1.807, 2.05) is 6.92 Å². The third kappa shape index (κ3) is 5.91. The van der Waals surface area contributed by atoms with E-state index in [0.717, 1.165) is 22.2 Å². The summed E-state index contributed by atoms with van der Waals surface area (Å²) in [5, 5.41) is 0.115. The lowest BCUT2D eigenvalue weighted by Gasteiger charge is -2.15. The normalized spacial score (nSPS) is 14.9. The number of aryl methyl sites for hydroxylation is 1. The van der Waals surface area contributed by atoms with Crippen LogP contribution in [0, 0.1) is 6.92 Å². The number of halogens is 3. The van der Waals surface area contributed by atoms with Gasteiger partial charge in [0, 0.05) is 15.6 Å². The molecule has 1 aliphatic rings. The second-order valence-corrected chi connectivity index (χ2v) is 11.6. The van der Waals surface area contributed by atoms with Gasteiger partial charge in [-0.2, -0.15) is 8.42 Å². The topological polar surface area (TPSA) is 90.0 Å². The highest BCUT2D eigenvalue weighted by Crippen LogP contribution is 2.41. The maximum atomic E-state index is 13.0. The van der Waals surface area contributed by atoms with E-state index >= 15 is 0 Å². The van der Waals surface area contributed by atoms with Crippen LogP contribution in [0.4, 0.5) is 4.79 Å². The summed E-state index contributed by atoms with van der Waals surface area (Å²) in [4.78, 5) is 26.7. The second-order valence-electron chi connectivity index (χ2n) is 7.85. The van der Waals surface area contributed by atoms with Crippen molar-refractivity contribution >= 4 is 73.9 Å². The van der Waals surface area contributed by atoms with E-state index in [1.54, 1.807) is 30.3 Å². The van der Waals surface area contributed by atoms with Crippen LogP contribution in [0.25, 0.3) is 6.08 Å². The van der Waals surface area contributed by atoms with Crippen LogP contribution >= 0.6 is 46.6 Å². The van der Waals surface area contributed by atoms with Gasteiger partial charge >= 0.3 is 10.1 Å². The van der Waals surface area contributed by atoms with Crippen LogP contribution in [0.1, 0.15) is 16.7 Å². The molecule has 0 unspecified atom stereocenters. The second kappa shape index (κ2) is 11.0. The summed E-state index contributed by atoms with van der Waals surface area (Å²) >= 11 is 19.5. The Balaban J connectivity index is 1.61. The Hall–Kier alpha value is -2.69. The Morgan fingerprint density at radius 3 is 2.24 bits per heavy atom. The molecule has 7 nitrogen and oxygen atoms in total. The molecule has 3 aromatic rings. The van der Waals surface area contributed by atoms with Gasteiger partial charge in [-0.3, -0.25) is 14.5 Å². The molecule has 1 saturated heterocycles. The number of rotatable bonds is 7. The molecule has 4 rings (SSSR count). The third-order valence-electron chi connectivity index (χ3n) is 5.30. The first-order chi connectivity index (χ1) is 17.5. The molecule has 0 bridgehead atoms. The predicted octanol–water partition coefficient (Wildman–Crippen LogP) is 6.97. The van der Waals surface area contributed by atoms with Crippen LogP contribution in [-0.2, 0) is 21.5 Å². The number of methoxy groups -OCH3 is 1. The van der Waals surface area contributed by atoms with Gasteiger partial charge in [0.1, 0.15) is 4.90 Å². The zero-order chi connectivity index (χ0) is 26.9. The molecule has 2 amide bonds. The third-order valence-corrected chi connectivity index (χ3v) is 8.44. The summed E-state index contributed by atoms with van der Waals surface area (Å²) in [7, 11) is -2.87. The highest BCUT2D eigenvalue weighted by Gasteiger charge is 2.36. The van der Waals surface area contributed by atoms with Gasteiger partial charge in [-0.1, -0.05) is 58.6 Å². The smallest absolute Gasteiger partial charge is 0.339 e. The van der Waals surface area contributed by atoms with Crippen LogP contribution in [0.3, 0.4) is 0 Å². The quantitative estimate of drug-likeness (QED) is 0.214. The molecular formula is C25H18Cl3NO6S2. The lowest BCUT2D eigenvalue weighted by atomic mass is 10.1. The predicted molar refractivity (Wildman–Crippen MR) is 145 cm³/mol. The standard InChI is InChI=1S/C25H18Cl3NO6S2/c1-14-6-8-16(9-7-14)37(32,33)35-23-20(28)10-15(11-21(23)34-2)12-22-24(30)29(25(31)36-22)13-17-18(26)4-3-5-19(17)27/h3-12H,13H2,1-2H3/b22-12-. The van der Waals surface area contributed by atoms with Gasteiger partial charge in [-0.15, -0.1) is 0 Å². The van der Waals surface area contributed by atoms with E-state index in [0.29, 0.717) is 21.2 Å². The Bertz CT molecular complexity index is 1520. The zero-order valence-corrected chi connectivity index (χ0v) is 23.2. The van der Waals surface area contributed by atoms with Crippen LogP contribution in [0.15, 0.2) is 64.4 Å². The van der Waals surface area contributed by atoms with E-state index in [-0.39, 0.29) is 32.9 Å². The molecule has 0 radical (unpaired) electrons. The lowest BCUT2D eigenvalue weighted by molar-refractivity contribution is -0.123. The summed E-state index contributed by atoms with van der Waals surface area (Å²) in [5.41, 5.74) is 1.73. The fourth-order valence-corrected chi connectivity index (χ4v) is 6.01. The average molecular weight is 599 g/mol. The average Bonchev–Trinajstić information content (AvgIpc) is 3.10. The molecule has 0 N–H and O–H groups in total. The molecule has 12 heteroatoms. The first kappa shape index (κ1) is 27.3. The fourth-order valence-electron chi connectivity index (χ4n) is 3.40. The van der Waals surface area contributed by atoms with Crippen LogP contribution < -0.4 is 8.92 Å². The molecule has 0 spiro atoms. The largest absolute Gasteiger partial charge is 0.493 e. The summed E-state index contributed by atoms with van der Waals surface area (Å²) in [6.07, 6.45) is 1.45. The van der Waals surface area contributed by atoms with Crippen LogP contribution in [-0.4, -0.2) is 31.6 Å². The number of thioether (sulfide) groups is 1. The molecule has 0 atom stereocenters. The van der Waals surface area contributed by atoms with E-state index in [4.69, 9.17) is 43.7 Å². The van der Waals surface area contributed by atoms with Crippen LogP contribution in [0.5, 0.6) is 11.5 Å². The molecule has 37 heavy (non-hydrogen) atoms. The zero-order valence-electron chi connectivity index (χ0n) is 19.3. The molecule has 0 saturated carbocycles. The van der Waals surface area contributed by atoms with Crippen molar-refractivity contribution in [2.75, 3.05) is 7.11 Å². The minimum atomic E-state index is -4.19. The molecule has 0 aromatic heterocycles. The maximum absolute atomic E-state index is 13.0. The number of benzene rings is 3. The minimum Gasteiger partial charge on any atom is -0.493 e. The van der Waals surface area contributed by atoms with E-state index in [9.17, 15) is 18.0 Å². The molecule has 0 aliphatic carbocycles. The van der Waals surface area contributed by atoms with Gasteiger partial charge < -0.3 is 8.92 Å². The Kier molecular flexibility index (Phi) is 8.11. The number of nitrogens with zero attached hydrogens (tertiary/aromatic N) is 1. The monoisotopic (exact) mass is 597 g/mol. The van der Waals surface area contributed by atoms with Crippen molar-refractivity contribution in [1.29, 1.82) is 0 Å². The fraction of sp³-hybridized carbons (Fsp3) is 0.120. The van der Waals surface area contributed by atoms with Gasteiger partial charge in [-0.25, -0.2) is 0 Å². The maximum Gasteiger partial charge on any atom is 0.339 e. The summed E-state index contributed by atoms with van der Waals surface area (Å²) < 4.78 is 36.1. The Morgan fingerprint density at radius 1 is 0.973 bits per heavy atom. The van der Waals surface area contributed by atoms with Crippen molar-refractivity contribution in [3.05, 3.63) is 91.3 Å². The number of carbonyl (C=O) groups excluding carboxylic acids is 2. The van der Waals surface area contributed by atoms with Gasteiger partial charge in [0.05, 0.1) is 23.6 Å². The van der Waals surface area contributed by atoms with Crippen LogP contribution in [0.2, 0.25) is 15.1 Å². The number of amides is 2. The van der Waals surface area contributed by atoms with E-state index in [1.165, 1.54) is 37.5 Å². The van der Waals surface area contributed by atoms with E-state index in [2.05, 4.69) is 0 Å². The van der Waals surface area contributed by atoms with Gasteiger partial charge in [0.2, 0.25) is 5.75 Å². The molecular weight excluding hydrogens is 581 g/mol. The Labute approximate surface area is 233 Å². The van der Waals surface area contributed by atoms with E-state index < -0.39 is 21.3 Å².